The number of halogens is 1. The van der Waals surface area contributed by atoms with Crippen molar-refractivity contribution in [3.05, 3.63) is 30.1 Å². The largest absolute Gasteiger partial charge is 0.352 e. The van der Waals surface area contributed by atoms with Crippen LogP contribution in [-0.2, 0) is 24.7 Å². The van der Waals surface area contributed by atoms with E-state index in [1.54, 1.807) is 0 Å². The number of amides is 1. The highest BCUT2D eigenvalue weighted by atomic mass is 32.2. The Kier molecular flexibility index (Phi) is 6.41. The van der Waals surface area contributed by atoms with Crippen LogP contribution in [0.25, 0.3) is 0 Å². The van der Waals surface area contributed by atoms with E-state index in [4.69, 9.17) is 0 Å². The summed E-state index contributed by atoms with van der Waals surface area (Å²) < 4.78 is 62.9. The molecule has 2 fully saturated rings. The van der Waals surface area contributed by atoms with Crippen LogP contribution in [0.3, 0.4) is 0 Å². The van der Waals surface area contributed by atoms with Crippen molar-refractivity contribution >= 4 is 25.8 Å². The fourth-order valence-electron chi connectivity index (χ4n) is 3.78. The normalized spacial score (nSPS) is 25.5. The standard InChI is InChI=1S/C18H25FN2O5S2/c19-15-4-6-17(7-5-15)28(25,26)21-10-1-2-14(12-21)3-8-18(22)20-16-9-11-27(23,24)13-16/h4-7,14,16H,1-3,8-13H2,(H,20,22). The van der Waals surface area contributed by atoms with E-state index in [2.05, 4.69) is 5.32 Å². The number of rotatable bonds is 6. The van der Waals surface area contributed by atoms with Crippen molar-refractivity contribution in [2.75, 3.05) is 24.6 Å². The first-order valence-electron chi connectivity index (χ1n) is 9.41. The number of hydrogen-bond acceptors (Lipinski definition) is 5. The van der Waals surface area contributed by atoms with Gasteiger partial charge in [-0.1, -0.05) is 0 Å². The predicted molar refractivity (Wildman–Crippen MR) is 102 cm³/mol. The van der Waals surface area contributed by atoms with Crippen molar-refractivity contribution < 1.29 is 26.0 Å². The van der Waals surface area contributed by atoms with Crippen molar-refractivity contribution in [3.8, 4) is 0 Å². The van der Waals surface area contributed by atoms with Crippen LogP contribution in [0.2, 0.25) is 0 Å². The molecule has 0 saturated carbocycles. The molecule has 1 N–H and O–H groups in total. The Labute approximate surface area is 165 Å². The summed E-state index contributed by atoms with van der Waals surface area (Å²) in [6.45, 7) is 0.729. The average molecular weight is 433 g/mol. The van der Waals surface area contributed by atoms with Gasteiger partial charge in [-0.15, -0.1) is 0 Å². The number of carbonyl (C=O) groups is 1. The summed E-state index contributed by atoms with van der Waals surface area (Å²) in [7, 11) is -6.72. The maximum Gasteiger partial charge on any atom is 0.243 e. The highest BCUT2D eigenvalue weighted by Crippen LogP contribution is 2.26. The maximum atomic E-state index is 13.1. The lowest BCUT2D eigenvalue weighted by atomic mass is 9.94. The molecule has 10 heteroatoms. The van der Waals surface area contributed by atoms with Gasteiger partial charge in [-0.3, -0.25) is 4.79 Å². The van der Waals surface area contributed by atoms with Crippen molar-refractivity contribution in [1.82, 2.24) is 9.62 Å². The minimum absolute atomic E-state index is 0.00808. The summed E-state index contributed by atoms with van der Waals surface area (Å²) in [5.74, 6) is -0.526. The van der Waals surface area contributed by atoms with Gasteiger partial charge in [0.15, 0.2) is 9.84 Å². The number of sulfonamides is 1. The van der Waals surface area contributed by atoms with Crippen LogP contribution in [-0.4, -0.2) is 57.7 Å². The lowest BCUT2D eigenvalue weighted by Gasteiger charge is -2.32. The molecule has 7 nitrogen and oxygen atoms in total. The smallest absolute Gasteiger partial charge is 0.243 e. The summed E-state index contributed by atoms with van der Waals surface area (Å²) in [5.41, 5.74) is 0. The minimum atomic E-state index is -3.68. The second kappa shape index (κ2) is 8.46. The molecule has 2 atom stereocenters. The van der Waals surface area contributed by atoms with E-state index in [0.29, 0.717) is 32.4 Å². The molecule has 2 aliphatic rings. The molecule has 0 radical (unpaired) electrons. The predicted octanol–water partition coefficient (Wildman–Crippen LogP) is 1.31. The first-order valence-corrected chi connectivity index (χ1v) is 12.7. The summed E-state index contributed by atoms with van der Waals surface area (Å²) >= 11 is 0. The molecule has 1 amide bonds. The Balaban J connectivity index is 1.52. The van der Waals surface area contributed by atoms with Gasteiger partial charge in [0.2, 0.25) is 15.9 Å². The monoisotopic (exact) mass is 432 g/mol. The van der Waals surface area contributed by atoms with E-state index in [1.165, 1.54) is 16.4 Å². The number of piperidine rings is 1. The number of benzene rings is 1. The highest BCUT2D eigenvalue weighted by molar-refractivity contribution is 7.91. The first kappa shape index (κ1) is 21.2. The Morgan fingerprint density at radius 1 is 1.21 bits per heavy atom. The van der Waals surface area contributed by atoms with Crippen LogP contribution in [0, 0.1) is 11.7 Å². The third-order valence-electron chi connectivity index (χ3n) is 5.31. The van der Waals surface area contributed by atoms with Gasteiger partial charge in [0.25, 0.3) is 0 Å². The molecular weight excluding hydrogens is 407 g/mol. The minimum Gasteiger partial charge on any atom is -0.352 e. The molecule has 2 heterocycles. The lowest BCUT2D eigenvalue weighted by molar-refractivity contribution is -0.122. The Hall–Kier alpha value is -1.52. The van der Waals surface area contributed by atoms with Crippen molar-refractivity contribution in [2.24, 2.45) is 5.92 Å². The van der Waals surface area contributed by atoms with E-state index in [-0.39, 0.29) is 40.7 Å². The van der Waals surface area contributed by atoms with E-state index >= 15 is 0 Å². The molecule has 156 valence electrons. The molecule has 0 aromatic heterocycles. The molecule has 2 unspecified atom stereocenters. The number of nitrogens with zero attached hydrogens (tertiary/aromatic N) is 1. The quantitative estimate of drug-likeness (QED) is 0.731. The van der Waals surface area contributed by atoms with Gasteiger partial charge in [0.05, 0.1) is 16.4 Å². The van der Waals surface area contributed by atoms with E-state index in [1.807, 2.05) is 0 Å². The van der Waals surface area contributed by atoms with Gasteiger partial charge in [-0.05, 0) is 55.9 Å². The third-order valence-corrected chi connectivity index (χ3v) is 8.96. The summed E-state index contributed by atoms with van der Waals surface area (Å²) in [4.78, 5) is 12.2. The SMILES string of the molecule is O=C(CCC1CCCN(S(=O)(=O)c2ccc(F)cc2)C1)NC1CCS(=O)(=O)C1. The Morgan fingerprint density at radius 2 is 1.93 bits per heavy atom. The fraction of sp³-hybridized carbons (Fsp3) is 0.611. The van der Waals surface area contributed by atoms with Crippen LogP contribution in [0.1, 0.15) is 32.1 Å². The molecule has 28 heavy (non-hydrogen) atoms. The average Bonchev–Trinajstić information content (AvgIpc) is 2.99. The summed E-state index contributed by atoms with van der Waals surface area (Å²) in [5, 5.41) is 2.76. The lowest BCUT2D eigenvalue weighted by Crippen LogP contribution is -2.40. The third kappa shape index (κ3) is 5.30. The molecule has 0 aliphatic carbocycles. The van der Waals surface area contributed by atoms with Crippen molar-refractivity contribution in [3.63, 3.8) is 0 Å². The molecule has 1 aromatic rings. The van der Waals surface area contributed by atoms with Gasteiger partial charge in [0, 0.05) is 25.6 Å². The van der Waals surface area contributed by atoms with Crippen LogP contribution < -0.4 is 5.32 Å². The molecule has 3 rings (SSSR count). The molecule has 2 aliphatic heterocycles. The van der Waals surface area contributed by atoms with Crippen molar-refractivity contribution in [2.45, 2.75) is 43.0 Å². The summed E-state index contributed by atoms with van der Waals surface area (Å²) in [6, 6.07) is 4.46. The first-order chi connectivity index (χ1) is 13.2. The summed E-state index contributed by atoms with van der Waals surface area (Å²) in [6.07, 6.45) is 2.77. The van der Waals surface area contributed by atoms with Gasteiger partial charge in [-0.25, -0.2) is 21.2 Å². The molecular formula is C18H25FN2O5S2. The van der Waals surface area contributed by atoms with Gasteiger partial charge in [0.1, 0.15) is 5.82 Å². The number of nitrogens with one attached hydrogen (secondary N) is 1. The van der Waals surface area contributed by atoms with E-state index < -0.39 is 25.7 Å². The Morgan fingerprint density at radius 3 is 2.57 bits per heavy atom. The molecule has 1 aromatic carbocycles. The fourth-order valence-corrected chi connectivity index (χ4v) is 7.01. The number of sulfone groups is 1. The van der Waals surface area contributed by atoms with Crippen LogP contribution in [0.5, 0.6) is 0 Å². The topological polar surface area (TPSA) is 101 Å². The zero-order chi connectivity index (χ0) is 20.4. The number of carbonyl (C=O) groups excluding carboxylic acids is 1. The van der Waals surface area contributed by atoms with E-state index in [0.717, 1.165) is 18.6 Å². The molecule has 0 bridgehead atoms. The van der Waals surface area contributed by atoms with Crippen LogP contribution in [0.4, 0.5) is 4.39 Å². The molecule has 0 spiro atoms. The maximum absolute atomic E-state index is 13.1. The van der Waals surface area contributed by atoms with Gasteiger partial charge < -0.3 is 5.32 Å². The molecule has 2 saturated heterocycles. The van der Waals surface area contributed by atoms with Crippen LogP contribution in [0.15, 0.2) is 29.2 Å². The van der Waals surface area contributed by atoms with Crippen molar-refractivity contribution in [1.29, 1.82) is 0 Å². The zero-order valence-corrected chi connectivity index (χ0v) is 17.1. The van der Waals surface area contributed by atoms with Gasteiger partial charge in [-0.2, -0.15) is 4.31 Å². The van der Waals surface area contributed by atoms with Gasteiger partial charge >= 0.3 is 0 Å². The highest BCUT2D eigenvalue weighted by Gasteiger charge is 2.31. The second-order valence-electron chi connectivity index (χ2n) is 7.53. The zero-order valence-electron chi connectivity index (χ0n) is 15.5. The van der Waals surface area contributed by atoms with Crippen LogP contribution >= 0.6 is 0 Å². The Bertz CT molecular complexity index is 916. The second-order valence-corrected chi connectivity index (χ2v) is 11.7. The number of hydrogen-bond donors (Lipinski definition) is 1. The van der Waals surface area contributed by atoms with E-state index in [9.17, 15) is 26.0 Å².